The molecule has 2 unspecified atom stereocenters. The first-order chi connectivity index (χ1) is 6.93. The fraction of sp³-hybridized carbons (Fsp3) is 0.889. The number of nitrogens with one attached hydrogen (secondary N) is 1. The maximum Gasteiger partial charge on any atom is 0.211 e. The molecule has 0 radical (unpaired) electrons. The van der Waals surface area contributed by atoms with Crippen molar-refractivity contribution in [1.29, 1.82) is 0 Å². The molecule has 2 atom stereocenters. The Morgan fingerprint density at radius 2 is 2.13 bits per heavy atom. The lowest BCUT2D eigenvalue weighted by molar-refractivity contribution is 0.467. The van der Waals surface area contributed by atoms with E-state index in [0.29, 0.717) is 5.25 Å². The van der Waals surface area contributed by atoms with Crippen LogP contribution in [0, 0.1) is 0 Å². The van der Waals surface area contributed by atoms with E-state index in [1.807, 2.05) is 13.8 Å². The van der Waals surface area contributed by atoms with E-state index in [9.17, 15) is 0 Å². The molecule has 0 aliphatic heterocycles. The van der Waals surface area contributed by atoms with Crippen molar-refractivity contribution >= 4 is 35.1 Å². The number of aliphatic imine (C=N–C) groups is 1. The normalized spacial score (nSPS) is 18.0. The van der Waals surface area contributed by atoms with Crippen LogP contribution >= 0.6 is 17.0 Å². The van der Waals surface area contributed by atoms with Gasteiger partial charge in [-0.2, -0.15) is 0 Å². The van der Waals surface area contributed by atoms with Crippen LogP contribution in [0.4, 0.5) is 0 Å². The first-order valence-corrected chi connectivity index (χ1v) is 9.27. The molecule has 0 aromatic carbocycles. The fourth-order valence-electron chi connectivity index (χ4n) is 0.691. The van der Waals surface area contributed by atoms with Crippen molar-refractivity contribution in [3.05, 3.63) is 0 Å². The lowest BCUT2D eigenvalue weighted by atomic mass is 10.4. The summed E-state index contributed by atoms with van der Waals surface area (Å²) >= 11 is 7.15. The van der Waals surface area contributed by atoms with Crippen molar-refractivity contribution in [3.8, 4) is 0 Å². The third-order valence-corrected chi connectivity index (χ3v) is 7.82. The van der Waals surface area contributed by atoms with Crippen LogP contribution in [0.3, 0.4) is 0 Å². The molecule has 0 spiro atoms. The number of hydrogen-bond donors (Lipinski definition) is 1. The van der Waals surface area contributed by atoms with Gasteiger partial charge in [0.25, 0.3) is 0 Å². The molecule has 0 aliphatic rings. The van der Waals surface area contributed by atoms with Crippen LogP contribution < -0.4 is 5.09 Å². The zero-order chi connectivity index (χ0) is 11.9. The SMILES string of the molecule is CCC(C)SP(=S)(NC=NC(C)C)OC. The van der Waals surface area contributed by atoms with E-state index in [4.69, 9.17) is 16.3 Å². The Kier molecular flexibility index (Phi) is 7.88. The molecule has 0 heterocycles. The highest BCUT2D eigenvalue weighted by molar-refractivity contribution is 8.69. The Labute approximate surface area is 102 Å². The summed E-state index contributed by atoms with van der Waals surface area (Å²) in [5.74, 6) is 0. The summed E-state index contributed by atoms with van der Waals surface area (Å²) in [7, 11) is 1.66. The molecule has 0 saturated carbocycles. The maximum absolute atomic E-state index is 5.45. The van der Waals surface area contributed by atoms with Crippen molar-refractivity contribution in [2.75, 3.05) is 7.11 Å². The van der Waals surface area contributed by atoms with Gasteiger partial charge in [-0.3, -0.25) is 4.99 Å². The first kappa shape index (κ1) is 15.4. The van der Waals surface area contributed by atoms with Crippen LogP contribution in [-0.4, -0.2) is 24.7 Å². The van der Waals surface area contributed by atoms with Crippen molar-refractivity contribution in [2.45, 2.75) is 45.4 Å². The van der Waals surface area contributed by atoms with Crippen molar-refractivity contribution in [2.24, 2.45) is 4.99 Å². The van der Waals surface area contributed by atoms with E-state index in [0.717, 1.165) is 6.42 Å². The average molecular weight is 268 g/mol. The van der Waals surface area contributed by atoms with Gasteiger partial charge in [0, 0.05) is 18.4 Å². The largest absolute Gasteiger partial charge is 0.330 e. The average Bonchev–Trinajstić information content (AvgIpc) is 2.17. The van der Waals surface area contributed by atoms with Crippen LogP contribution in [0.15, 0.2) is 4.99 Å². The summed E-state index contributed by atoms with van der Waals surface area (Å²) < 4.78 is 5.38. The summed E-state index contributed by atoms with van der Waals surface area (Å²) in [6.45, 7) is 8.35. The van der Waals surface area contributed by atoms with Gasteiger partial charge in [-0.1, -0.05) is 25.2 Å². The molecule has 0 bridgehead atoms. The molecule has 6 heteroatoms. The Hall–Kier alpha value is 0.430. The Bertz CT molecular complexity index is 246. The monoisotopic (exact) mass is 268 g/mol. The summed E-state index contributed by atoms with van der Waals surface area (Å²) in [6.07, 6.45) is 2.78. The van der Waals surface area contributed by atoms with Gasteiger partial charge >= 0.3 is 0 Å². The molecule has 0 saturated heterocycles. The molecule has 0 aromatic heterocycles. The van der Waals surface area contributed by atoms with Crippen LogP contribution in [0.2, 0.25) is 0 Å². The number of rotatable bonds is 7. The summed E-state index contributed by atoms with van der Waals surface area (Å²) in [4.78, 5) is 4.22. The molecule has 0 rings (SSSR count). The molecule has 3 nitrogen and oxygen atoms in total. The second kappa shape index (κ2) is 7.66. The third kappa shape index (κ3) is 7.34. The van der Waals surface area contributed by atoms with E-state index >= 15 is 0 Å². The molecule has 0 fully saturated rings. The fourth-order valence-corrected chi connectivity index (χ4v) is 5.69. The molecule has 90 valence electrons. The molecule has 1 N–H and O–H groups in total. The van der Waals surface area contributed by atoms with Crippen LogP contribution in [-0.2, 0) is 16.3 Å². The van der Waals surface area contributed by atoms with E-state index in [2.05, 4.69) is 23.9 Å². The van der Waals surface area contributed by atoms with Crippen LogP contribution in [0.1, 0.15) is 34.1 Å². The second-order valence-corrected chi connectivity index (χ2v) is 10.6. The van der Waals surface area contributed by atoms with Crippen LogP contribution in [0.5, 0.6) is 0 Å². The Morgan fingerprint density at radius 1 is 1.53 bits per heavy atom. The standard InChI is InChI=1S/C9H21N2OPS2/c1-6-9(4)15-13(14,12-5)11-7-10-8(2)3/h7-9H,6H2,1-5H3,(H,10,11,14). The minimum atomic E-state index is -1.98. The van der Waals surface area contributed by atoms with Gasteiger partial charge in [0.2, 0.25) is 5.62 Å². The zero-order valence-corrected chi connectivity index (χ0v) is 12.6. The maximum atomic E-state index is 5.45. The van der Waals surface area contributed by atoms with E-state index in [-0.39, 0.29) is 6.04 Å². The summed E-state index contributed by atoms with van der Waals surface area (Å²) in [5, 5.41) is 3.63. The van der Waals surface area contributed by atoms with E-state index in [1.165, 1.54) is 0 Å². The zero-order valence-electron chi connectivity index (χ0n) is 10.1. The summed E-state index contributed by atoms with van der Waals surface area (Å²) in [6, 6.07) is 0.284. The van der Waals surface area contributed by atoms with Gasteiger partial charge in [-0.25, -0.2) is 0 Å². The van der Waals surface area contributed by atoms with Gasteiger partial charge in [0.1, 0.15) is 0 Å². The third-order valence-electron chi connectivity index (χ3n) is 1.72. The van der Waals surface area contributed by atoms with Gasteiger partial charge in [0.15, 0.2) is 0 Å². The molecule has 0 aromatic rings. The van der Waals surface area contributed by atoms with E-state index in [1.54, 1.807) is 24.8 Å². The van der Waals surface area contributed by atoms with Crippen molar-refractivity contribution in [3.63, 3.8) is 0 Å². The molecule has 0 amide bonds. The highest BCUT2D eigenvalue weighted by Crippen LogP contribution is 2.57. The Balaban J connectivity index is 4.25. The molecule has 0 aliphatic carbocycles. The smallest absolute Gasteiger partial charge is 0.211 e. The lowest BCUT2D eigenvalue weighted by Gasteiger charge is -2.21. The van der Waals surface area contributed by atoms with E-state index < -0.39 is 5.62 Å². The minimum absolute atomic E-state index is 0.284. The van der Waals surface area contributed by atoms with Crippen molar-refractivity contribution in [1.82, 2.24) is 5.09 Å². The second-order valence-electron chi connectivity index (χ2n) is 3.51. The number of hydrogen-bond acceptors (Lipinski definition) is 4. The lowest BCUT2D eigenvalue weighted by Crippen LogP contribution is -2.10. The highest BCUT2D eigenvalue weighted by Gasteiger charge is 2.18. The topological polar surface area (TPSA) is 33.6 Å². The predicted molar refractivity (Wildman–Crippen MR) is 75.4 cm³/mol. The van der Waals surface area contributed by atoms with Crippen LogP contribution in [0.25, 0.3) is 0 Å². The van der Waals surface area contributed by atoms with Gasteiger partial charge in [0.05, 0.1) is 6.34 Å². The van der Waals surface area contributed by atoms with Gasteiger partial charge in [-0.05, 0) is 32.1 Å². The highest BCUT2D eigenvalue weighted by atomic mass is 32.9. The first-order valence-electron chi connectivity index (χ1n) is 5.07. The molecular formula is C9H21N2OPS2. The van der Waals surface area contributed by atoms with Crippen molar-refractivity contribution < 1.29 is 4.52 Å². The molecular weight excluding hydrogens is 247 g/mol. The Morgan fingerprint density at radius 3 is 2.53 bits per heavy atom. The van der Waals surface area contributed by atoms with Gasteiger partial charge in [-0.15, -0.1) is 0 Å². The number of nitrogens with zero attached hydrogens (tertiary/aromatic N) is 1. The predicted octanol–water partition coefficient (Wildman–Crippen LogP) is 3.42. The minimum Gasteiger partial charge on any atom is -0.330 e. The van der Waals surface area contributed by atoms with Gasteiger partial charge < -0.3 is 9.61 Å². The quantitative estimate of drug-likeness (QED) is 0.436. The summed E-state index contributed by atoms with van der Waals surface area (Å²) in [5.41, 5.74) is -1.98. The molecule has 15 heavy (non-hydrogen) atoms.